The molecule has 0 N–H and O–H groups in total. The van der Waals surface area contributed by atoms with Crippen molar-refractivity contribution in [1.29, 1.82) is 0 Å². The second-order valence-electron chi connectivity index (χ2n) is 2.87. The fraction of sp³-hybridized carbons (Fsp3) is 0.500. The Morgan fingerprint density at radius 3 is 2.29 bits per heavy atom. The molecule has 0 radical (unpaired) electrons. The quantitative estimate of drug-likeness (QED) is 0.641. The lowest BCUT2D eigenvalue weighted by atomic mass is 10.3. The van der Waals surface area contributed by atoms with Gasteiger partial charge in [0, 0.05) is 7.05 Å². The molecular weight excluding hydrogens is 176 g/mol. The number of rotatable bonds is 0. The van der Waals surface area contributed by atoms with Gasteiger partial charge in [0.2, 0.25) is 0 Å². The van der Waals surface area contributed by atoms with Crippen molar-refractivity contribution in [3.63, 3.8) is 0 Å². The number of nitrogens with zero attached hydrogens (tertiary/aromatic N) is 4. The van der Waals surface area contributed by atoms with E-state index in [1.165, 1.54) is 0 Å². The van der Waals surface area contributed by atoms with E-state index in [-0.39, 0.29) is 0 Å². The van der Waals surface area contributed by atoms with E-state index in [9.17, 15) is 0 Å². The largest absolute Gasteiger partial charge is 0.249 e. The third kappa shape index (κ3) is 1.73. The van der Waals surface area contributed by atoms with E-state index in [0.29, 0.717) is 0 Å². The molecule has 14 heavy (non-hydrogen) atoms. The van der Waals surface area contributed by atoms with E-state index < -0.39 is 0 Å². The number of aryl methyl sites for hydroxylation is 3. The average Bonchev–Trinajstić information content (AvgIpc) is 2.53. The Morgan fingerprint density at radius 1 is 1.07 bits per heavy atom. The predicted octanol–water partition coefficient (Wildman–Crippen LogP) is 2.01. The molecule has 0 fully saturated rings. The first kappa shape index (κ1) is 10.6. The van der Waals surface area contributed by atoms with Gasteiger partial charge >= 0.3 is 0 Å². The van der Waals surface area contributed by atoms with Crippen LogP contribution in [0.4, 0.5) is 0 Å². The molecule has 0 atom stereocenters. The van der Waals surface area contributed by atoms with Gasteiger partial charge < -0.3 is 0 Å². The summed E-state index contributed by atoms with van der Waals surface area (Å²) in [6, 6.07) is 0. The summed E-state index contributed by atoms with van der Waals surface area (Å²) in [6.45, 7) is 7.91. The number of fused-ring (bicyclic) bond motifs is 1. The van der Waals surface area contributed by atoms with Crippen LogP contribution in [0.1, 0.15) is 25.2 Å². The van der Waals surface area contributed by atoms with Crippen molar-refractivity contribution in [3.05, 3.63) is 17.6 Å². The molecule has 0 aliphatic heterocycles. The van der Waals surface area contributed by atoms with Gasteiger partial charge in [-0.25, -0.2) is 14.6 Å². The Bertz CT molecular complexity index is 431. The van der Waals surface area contributed by atoms with Crippen molar-refractivity contribution in [2.75, 3.05) is 0 Å². The third-order valence-corrected chi connectivity index (χ3v) is 1.97. The Balaban J connectivity index is 0.000000461. The minimum Gasteiger partial charge on any atom is -0.249 e. The molecule has 0 amide bonds. The van der Waals surface area contributed by atoms with Gasteiger partial charge in [0.25, 0.3) is 0 Å². The first-order valence-corrected chi connectivity index (χ1v) is 4.81. The summed E-state index contributed by atoms with van der Waals surface area (Å²) in [4.78, 5) is 8.72. The monoisotopic (exact) mass is 192 g/mol. The molecule has 4 heteroatoms. The average molecular weight is 192 g/mol. The molecule has 0 aliphatic carbocycles. The van der Waals surface area contributed by atoms with Crippen molar-refractivity contribution < 1.29 is 0 Å². The van der Waals surface area contributed by atoms with Gasteiger partial charge in [-0.15, -0.1) is 0 Å². The molecule has 0 bridgehead atoms. The van der Waals surface area contributed by atoms with Crippen molar-refractivity contribution in [1.82, 2.24) is 19.7 Å². The zero-order valence-electron chi connectivity index (χ0n) is 9.37. The molecule has 2 aromatic heterocycles. The fourth-order valence-corrected chi connectivity index (χ4v) is 1.13. The Kier molecular flexibility index (Phi) is 3.17. The highest BCUT2D eigenvalue weighted by atomic mass is 15.3. The summed E-state index contributed by atoms with van der Waals surface area (Å²) >= 11 is 0. The van der Waals surface area contributed by atoms with Gasteiger partial charge in [-0.3, -0.25) is 0 Å². The molecule has 0 aliphatic rings. The highest BCUT2D eigenvalue weighted by Gasteiger charge is 2.04. The standard InChI is InChI=1S/C8H10N4.C2H6/c1-5-6(2)11-8-7(10-5)4-9-12(8)3;1-2/h4H,1-3H3;1-2H3. The van der Waals surface area contributed by atoms with Crippen molar-refractivity contribution >= 4 is 11.2 Å². The minimum atomic E-state index is 0.845. The molecule has 0 saturated carbocycles. The third-order valence-electron chi connectivity index (χ3n) is 1.97. The van der Waals surface area contributed by atoms with Crippen LogP contribution >= 0.6 is 0 Å². The van der Waals surface area contributed by atoms with Crippen LogP contribution in [0.3, 0.4) is 0 Å². The fourth-order valence-electron chi connectivity index (χ4n) is 1.13. The number of aromatic nitrogens is 4. The van der Waals surface area contributed by atoms with Crippen LogP contribution < -0.4 is 0 Å². The maximum atomic E-state index is 4.37. The molecule has 0 unspecified atom stereocenters. The molecule has 2 heterocycles. The smallest absolute Gasteiger partial charge is 0.176 e. The number of hydrogen-bond donors (Lipinski definition) is 0. The molecule has 2 aromatic rings. The summed E-state index contributed by atoms with van der Waals surface area (Å²) < 4.78 is 1.73. The minimum absolute atomic E-state index is 0.845. The molecule has 0 spiro atoms. The lowest BCUT2D eigenvalue weighted by Crippen LogP contribution is -1.96. The van der Waals surface area contributed by atoms with Gasteiger partial charge in [-0.2, -0.15) is 5.10 Å². The van der Waals surface area contributed by atoms with Gasteiger partial charge in [0.15, 0.2) is 5.65 Å². The van der Waals surface area contributed by atoms with E-state index in [2.05, 4.69) is 15.1 Å². The second-order valence-corrected chi connectivity index (χ2v) is 2.87. The van der Waals surface area contributed by atoms with Gasteiger partial charge in [-0.1, -0.05) is 13.8 Å². The zero-order valence-corrected chi connectivity index (χ0v) is 9.37. The molecule has 0 aromatic carbocycles. The van der Waals surface area contributed by atoms with Crippen LogP contribution in [0.2, 0.25) is 0 Å². The Hall–Kier alpha value is -1.45. The van der Waals surface area contributed by atoms with E-state index >= 15 is 0 Å². The molecule has 4 nitrogen and oxygen atoms in total. The van der Waals surface area contributed by atoms with Crippen molar-refractivity contribution in [2.45, 2.75) is 27.7 Å². The topological polar surface area (TPSA) is 43.6 Å². The highest BCUT2D eigenvalue weighted by molar-refractivity contribution is 5.69. The van der Waals surface area contributed by atoms with Gasteiger partial charge in [-0.05, 0) is 13.8 Å². The van der Waals surface area contributed by atoms with E-state index in [1.54, 1.807) is 10.9 Å². The highest BCUT2D eigenvalue weighted by Crippen LogP contribution is 2.09. The summed E-state index contributed by atoms with van der Waals surface area (Å²) in [7, 11) is 1.87. The molecule has 0 saturated heterocycles. The van der Waals surface area contributed by atoms with Crippen molar-refractivity contribution in [3.8, 4) is 0 Å². The first-order chi connectivity index (χ1) is 6.68. The molecular formula is C10H16N4. The van der Waals surface area contributed by atoms with E-state index in [0.717, 1.165) is 22.6 Å². The lowest BCUT2D eigenvalue weighted by Gasteiger charge is -1.98. The SMILES string of the molecule is CC.Cc1nc2cnn(C)c2nc1C. The van der Waals surface area contributed by atoms with Crippen LogP contribution in [0.5, 0.6) is 0 Å². The van der Waals surface area contributed by atoms with Crippen molar-refractivity contribution in [2.24, 2.45) is 7.05 Å². The Labute approximate surface area is 84.0 Å². The number of hydrogen-bond acceptors (Lipinski definition) is 3. The summed E-state index contributed by atoms with van der Waals surface area (Å²) in [5.74, 6) is 0. The van der Waals surface area contributed by atoms with Gasteiger partial charge in [0.1, 0.15) is 5.52 Å². The summed E-state index contributed by atoms with van der Waals surface area (Å²) in [6.07, 6.45) is 1.73. The van der Waals surface area contributed by atoms with Crippen LogP contribution in [-0.2, 0) is 7.05 Å². The Morgan fingerprint density at radius 2 is 1.64 bits per heavy atom. The maximum absolute atomic E-state index is 4.37. The molecule has 76 valence electrons. The maximum Gasteiger partial charge on any atom is 0.176 e. The summed E-state index contributed by atoms with van der Waals surface area (Å²) in [5, 5.41) is 4.07. The normalized spacial score (nSPS) is 9.79. The van der Waals surface area contributed by atoms with Gasteiger partial charge in [0.05, 0.1) is 17.6 Å². The van der Waals surface area contributed by atoms with Crippen LogP contribution in [0.25, 0.3) is 11.2 Å². The van der Waals surface area contributed by atoms with Crippen LogP contribution in [-0.4, -0.2) is 19.7 Å². The first-order valence-electron chi connectivity index (χ1n) is 4.81. The zero-order chi connectivity index (χ0) is 10.7. The predicted molar refractivity (Wildman–Crippen MR) is 57.1 cm³/mol. The van der Waals surface area contributed by atoms with E-state index in [1.807, 2.05) is 34.7 Å². The van der Waals surface area contributed by atoms with Crippen LogP contribution in [0.15, 0.2) is 6.20 Å². The second kappa shape index (κ2) is 4.17. The molecule has 2 rings (SSSR count). The summed E-state index contributed by atoms with van der Waals surface area (Å²) in [5.41, 5.74) is 3.64. The lowest BCUT2D eigenvalue weighted by molar-refractivity contribution is 0.784. The van der Waals surface area contributed by atoms with Crippen LogP contribution in [0, 0.1) is 13.8 Å². The van der Waals surface area contributed by atoms with E-state index in [4.69, 9.17) is 0 Å².